The molecular formula is C13H18ClNO. The molecule has 0 radical (unpaired) electrons. The van der Waals surface area contributed by atoms with Gasteiger partial charge in [0.25, 0.3) is 0 Å². The fourth-order valence-electron chi connectivity index (χ4n) is 2.64. The summed E-state index contributed by atoms with van der Waals surface area (Å²) < 4.78 is 5.15. The van der Waals surface area contributed by atoms with Crippen LogP contribution in [0, 0.1) is 5.41 Å². The van der Waals surface area contributed by atoms with Crippen molar-refractivity contribution in [3.05, 3.63) is 28.8 Å². The molecule has 0 aliphatic heterocycles. The topological polar surface area (TPSA) is 35.2 Å². The van der Waals surface area contributed by atoms with Crippen LogP contribution in [0.3, 0.4) is 0 Å². The molecule has 1 aliphatic carbocycles. The molecule has 2 nitrogen and oxygen atoms in total. The fourth-order valence-corrected chi connectivity index (χ4v) is 2.99. The Morgan fingerprint density at radius 3 is 2.44 bits per heavy atom. The Morgan fingerprint density at radius 1 is 1.44 bits per heavy atom. The van der Waals surface area contributed by atoms with E-state index in [9.17, 15) is 0 Å². The minimum Gasteiger partial charge on any atom is -0.497 e. The zero-order chi connectivity index (χ0) is 12.0. The van der Waals surface area contributed by atoms with E-state index in [-0.39, 0.29) is 10.8 Å². The SMILES string of the molecule is COc1ccc(C2(CN)CC2(C)C)c(Cl)c1. The zero-order valence-electron chi connectivity index (χ0n) is 10.0. The van der Waals surface area contributed by atoms with Gasteiger partial charge in [-0.1, -0.05) is 31.5 Å². The van der Waals surface area contributed by atoms with E-state index in [2.05, 4.69) is 13.8 Å². The van der Waals surface area contributed by atoms with Crippen LogP contribution in [0.15, 0.2) is 18.2 Å². The summed E-state index contributed by atoms with van der Waals surface area (Å²) in [7, 11) is 1.64. The lowest BCUT2D eigenvalue weighted by Crippen LogP contribution is -2.25. The molecule has 1 aromatic carbocycles. The molecule has 16 heavy (non-hydrogen) atoms. The van der Waals surface area contributed by atoms with E-state index in [1.54, 1.807) is 7.11 Å². The lowest BCUT2D eigenvalue weighted by atomic mass is 9.88. The third-order valence-corrected chi connectivity index (χ3v) is 4.27. The van der Waals surface area contributed by atoms with Crippen molar-refractivity contribution in [2.24, 2.45) is 11.1 Å². The Labute approximate surface area is 102 Å². The summed E-state index contributed by atoms with van der Waals surface area (Å²) >= 11 is 6.30. The van der Waals surface area contributed by atoms with Gasteiger partial charge in [-0.05, 0) is 29.5 Å². The first-order valence-electron chi connectivity index (χ1n) is 5.51. The van der Waals surface area contributed by atoms with Gasteiger partial charge in [-0.2, -0.15) is 0 Å². The van der Waals surface area contributed by atoms with Crippen LogP contribution in [-0.4, -0.2) is 13.7 Å². The second kappa shape index (κ2) is 3.64. The molecule has 1 fully saturated rings. The molecule has 1 aromatic rings. The summed E-state index contributed by atoms with van der Waals surface area (Å²) in [6.07, 6.45) is 1.10. The van der Waals surface area contributed by atoms with E-state index in [1.165, 1.54) is 0 Å². The first-order chi connectivity index (χ1) is 7.47. The maximum atomic E-state index is 6.30. The Kier molecular flexibility index (Phi) is 2.67. The van der Waals surface area contributed by atoms with Crippen molar-refractivity contribution in [2.45, 2.75) is 25.7 Å². The Hall–Kier alpha value is -0.730. The molecule has 88 valence electrons. The van der Waals surface area contributed by atoms with Crippen molar-refractivity contribution >= 4 is 11.6 Å². The molecule has 0 spiro atoms. The average Bonchev–Trinajstić information content (AvgIpc) is 2.81. The Morgan fingerprint density at radius 2 is 2.06 bits per heavy atom. The number of hydrogen-bond acceptors (Lipinski definition) is 2. The fraction of sp³-hybridized carbons (Fsp3) is 0.538. The predicted octanol–water partition coefficient (Wildman–Crippen LogP) is 2.98. The summed E-state index contributed by atoms with van der Waals surface area (Å²) in [5, 5.41) is 0.760. The van der Waals surface area contributed by atoms with E-state index in [4.69, 9.17) is 22.1 Å². The molecule has 2 rings (SSSR count). The highest BCUT2D eigenvalue weighted by atomic mass is 35.5. The molecule has 0 aromatic heterocycles. The van der Waals surface area contributed by atoms with Gasteiger partial charge in [-0.15, -0.1) is 0 Å². The number of methoxy groups -OCH3 is 1. The summed E-state index contributed by atoms with van der Waals surface area (Å²) in [4.78, 5) is 0. The van der Waals surface area contributed by atoms with Crippen LogP contribution in [-0.2, 0) is 5.41 Å². The predicted molar refractivity (Wildman–Crippen MR) is 67.1 cm³/mol. The molecular weight excluding hydrogens is 222 g/mol. The van der Waals surface area contributed by atoms with Crippen molar-refractivity contribution in [2.75, 3.05) is 13.7 Å². The second-order valence-electron chi connectivity index (χ2n) is 5.19. The van der Waals surface area contributed by atoms with Gasteiger partial charge in [0, 0.05) is 17.0 Å². The Balaban J connectivity index is 2.42. The number of nitrogens with two attached hydrogens (primary N) is 1. The van der Waals surface area contributed by atoms with Crippen LogP contribution >= 0.6 is 11.6 Å². The molecule has 2 N–H and O–H groups in total. The monoisotopic (exact) mass is 239 g/mol. The highest BCUT2D eigenvalue weighted by Gasteiger charge is 2.61. The molecule has 0 saturated heterocycles. The third-order valence-electron chi connectivity index (χ3n) is 3.95. The normalized spacial score (nSPS) is 26.6. The number of ether oxygens (including phenoxy) is 1. The van der Waals surface area contributed by atoms with Crippen LogP contribution in [0.4, 0.5) is 0 Å². The third kappa shape index (κ3) is 1.52. The van der Waals surface area contributed by atoms with Crippen molar-refractivity contribution in [3.8, 4) is 5.75 Å². The van der Waals surface area contributed by atoms with E-state index in [0.29, 0.717) is 6.54 Å². The van der Waals surface area contributed by atoms with E-state index < -0.39 is 0 Å². The summed E-state index contributed by atoms with van der Waals surface area (Å²) in [5.74, 6) is 0.791. The summed E-state index contributed by atoms with van der Waals surface area (Å²) in [6.45, 7) is 5.12. The van der Waals surface area contributed by atoms with Crippen LogP contribution in [0.2, 0.25) is 5.02 Å². The first kappa shape index (κ1) is 11.7. The van der Waals surface area contributed by atoms with Crippen molar-refractivity contribution in [1.29, 1.82) is 0 Å². The van der Waals surface area contributed by atoms with Crippen LogP contribution in [0.5, 0.6) is 5.75 Å². The molecule has 1 unspecified atom stereocenters. The van der Waals surface area contributed by atoms with Gasteiger partial charge in [0.1, 0.15) is 5.75 Å². The number of rotatable bonds is 3. The molecule has 0 heterocycles. The molecule has 1 saturated carbocycles. The van der Waals surface area contributed by atoms with Crippen LogP contribution in [0.1, 0.15) is 25.8 Å². The van der Waals surface area contributed by atoms with Gasteiger partial charge in [0.05, 0.1) is 7.11 Å². The van der Waals surface area contributed by atoms with Crippen molar-refractivity contribution in [1.82, 2.24) is 0 Å². The highest BCUT2D eigenvalue weighted by molar-refractivity contribution is 6.31. The van der Waals surface area contributed by atoms with Crippen LogP contribution < -0.4 is 10.5 Å². The lowest BCUT2D eigenvalue weighted by molar-refractivity contribution is 0.414. The first-order valence-corrected chi connectivity index (χ1v) is 5.89. The number of hydrogen-bond donors (Lipinski definition) is 1. The van der Waals surface area contributed by atoms with Gasteiger partial charge < -0.3 is 10.5 Å². The largest absolute Gasteiger partial charge is 0.497 e. The second-order valence-corrected chi connectivity index (χ2v) is 5.60. The summed E-state index contributed by atoms with van der Waals surface area (Å²) in [5.41, 5.74) is 7.38. The average molecular weight is 240 g/mol. The van der Waals surface area contributed by atoms with Gasteiger partial charge in [-0.3, -0.25) is 0 Å². The van der Waals surface area contributed by atoms with Crippen molar-refractivity contribution < 1.29 is 4.74 Å². The van der Waals surface area contributed by atoms with Crippen molar-refractivity contribution in [3.63, 3.8) is 0 Å². The molecule has 1 atom stereocenters. The minimum atomic E-state index is 0.0519. The molecule has 0 bridgehead atoms. The Bertz CT molecular complexity index is 416. The van der Waals surface area contributed by atoms with E-state index in [1.807, 2.05) is 18.2 Å². The maximum absolute atomic E-state index is 6.30. The lowest BCUT2D eigenvalue weighted by Gasteiger charge is -2.20. The molecule has 1 aliphatic rings. The van der Waals surface area contributed by atoms with Gasteiger partial charge in [-0.25, -0.2) is 0 Å². The van der Waals surface area contributed by atoms with Gasteiger partial charge in [0.15, 0.2) is 0 Å². The smallest absolute Gasteiger partial charge is 0.120 e. The molecule has 3 heteroatoms. The zero-order valence-corrected chi connectivity index (χ0v) is 10.8. The quantitative estimate of drug-likeness (QED) is 0.880. The molecule has 0 amide bonds. The maximum Gasteiger partial charge on any atom is 0.120 e. The minimum absolute atomic E-state index is 0.0519. The van der Waals surface area contributed by atoms with Gasteiger partial charge >= 0.3 is 0 Å². The van der Waals surface area contributed by atoms with E-state index >= 15 is 0 Å². The number of halogens is 1. The van der Waals surface area contributed by atoms with E-state index in [0.717, 1.165) is 22.8 Å². The highest BCUT2D eigenvalue weighted by Crippen LogP contribution is 2.64. The summed E-state index contributed by atoms with van der Waals surface area (Å²) in [6, 6.07) is 5.86. The number of benzene rings is 1. The van der Waals surface area contributed by atoms with Gasteiger partial charge in [0.2, 0.25) is 0 Å². The standard InChI is InChI=1S/C13H18ClNO/c1-12(2)7-13(12,8-15)10-5-4-9(16-3)6-11(10)14/h4-6H,7-8,15H2,1-3H3. The van der Waals surface area contributed by atoms with Crippen LogP contribution in [0.25, 0.3) is 0 Å².